The Hall–Kier alpha value is -1.82. The molecule has 0 atom stereocenters. The van der Waals surface area contributed by atoms with E-state index in [1.54, 1.807) is 24.2 Å². The summed E-state index contributed by atoms with van der Waals surface area (Å²) in [5.41, 5.74) is 2.95. The number of carboxylic acids is 1. The summed E-state index contributed by atoms with van der Waals surface area (Å²) in [6, 6.07) is 4.29. The molecule has 0 spiro atoms. The van der Waals surface area contributed by atoms with Crippen molar-refractivity contribution in [3.8, 4) is 17.6 Å². The predicted molar refractivity (Wildman–Crippen MR) is 130 cm³/mol. The molecule has 1 aromatic heterocycles. The van der Waals surface area contributed by atoms with Crippen LogP contribution in [0, 0.1) is 11.8 Å². The van der Waals surface area contributed by atoms with Crippen LogP contribution in [0.4, 0.5) is 0 Å². The number of carbonyl (C=O) groups is 1. The Labute approximate surface area is 196 Å². The molecule has 1 aliphatic rings. The van der Waals surface area contributed by atoms with Gasteiger partial charge in [0.1, 0.15) is 11.6 Å². The topological polar surface area (TPSA) is 72.3 Å². The number of thioether (sulfide) groups is 3. The van der Waals surface area contributed by atoms with Crippen molar-refractivity contribution >= 4 is 41.3 Å². The van der Waals surface area contributed by atoms with E-state index in [9.17, 15) is 4.79 Å². The van der Waals surface area contributed by atoms with Gasteiger partial charge < -0.3 is 9.84 Å². The minimum atomic E-state index is -0.766. The molecule has 31 heavy (non-hydrogen) atoms. The fourth-order valence-corrected chi connectivity index (χ4v) is 5.98. The number of benzene rings is 1. The molecule has 5 nitrogen and oxygen atoms in total. The summed E-state index contributed by atoms with van der Waals surface area (Å²) in [6.45, 7) is 0.730. The lowest BCUT2D eigenvalue weighted by Crippen LogP contribution is -2.26. The van der Waals surface area contributed by atoms with E-state index in [1.807, 2.05) is 29.8 Å². The second-order valence-electron chi connectivity index (χ2n) is 7.05. The summed E-state index contributed by atoms with van der Waals surface area (Å²) in [4.78, 5) is 20.4. The van der Waals surface area contributed by atoms with Crippen molar-refractivity contribution < 1.29 is 14.6 Å². The second-order valence-corrected chi connectivity index (χ2v) is 10.4. The maximum Gasteiger partial charge on any atom is 0.303 e. The molecule has 0 bridgehead atoms. The molecule has 8 heteroatoms. The Balaban J connectivity index is 1.79. The molecular formula is C23H26N2O3S3. The lowest BCUT2D eigenvalue weighted by molar-refractivity contribution is -0.137. The molecule has 0 fully saturated rings. The van der Waals surface area contributed by atoms with E-state index in [-0.39, 0.29) is 10.5 Å². The lowest BCUT2D eigenvalue weighted by atomic mass is 10.0. The van der Waals surface area contributed by atoms with Gasteiger partial charge in [0.2, 0.25) is 0 Å². The first-order valence-corrected chi connectivity index (χ1v) is 13.7. The molecule has 1 aromatic carbocycles. The summed E-state index contributed by atoms with van der Waals surface area (Å²) in [6.07, 6.45) is 13.0. The Morgan fingerprint density at radius 3 is 2.55 bits per heavy atom. The first kappa shape index (κ1) is 23.8. The minimum absolute atomic E-state index is 0.00759. The molecule has 164 valence electrons. The first-order valence-electron chi connectivity index (χ1n) is 10.0. The van der Waals surface area contributed by atoms with Gasteiger partial charge in [-0.1, -0.05) is 11.8 Å². The van der Waals surface area contributed by atoms with Crippen molar-refractivity contribution in [2.75, 3.05) is 25.4 Å². The average molecular weight is 475 g/mol. The number of aliphatic carboxylic acids is 1. The van der Waals surface area contributed by atoms with Crippen LogP contribution in [-0.2, 0) is 15.3 Å². The number of ether oxygens (including phenoxy) is 1. The Morgan fingerprint density at radius 2 is 1.90 bits per heavy atom. The molecule has 0 unspecified atom stereocenters. The molecular weight excluding hydrogens is 448 g/mol. The van der Waals surface area contributed by atoms with Gasteiger partial charge in [0.25, 0.3) is 0 Å². The van der Waals surface area contributed by atoms with Crippen molar-refractivity contribution in [2.45, 2.75) is 41.1 Å². The minimum Gasteiger partial charge on any atom is -0.493 e. The van der Waals surface area contributed by atoms with Crippen molar-refractivity contribution in [1.29, 1.82) is 0 Å². The van der Waals surface area contributed by atoms with Crippen LogP contribution in [0.5, 0.6) is 5.75 Å². The van der Waals surface area contributed by atoms with Gasteiger partial charge in [-0.3, -0.25) is 4.79 Å². The zero-order chi connectivity index (χ0) is 22.3. The van der Waals surface area contributed by atoms with E-state index >= 15 is 0 Å². The van der Waals surface area contributed by atoms with E-state index in [0.29, 0.717) is 12.8 Å². The van der Waals surface area contributed by atoms with E-state index in [2.05, 4.69) is 46.5 Å². The Bertz CT molecular complexity index is 980. The van der Waals surface area contributed by atoms with Gasteiger partial charge in [-0.2, -0.15) is 0 Å². The zero-order valence-electron chi connectivity index (χ0n) is 17.9. The van der Waals surface area contributed by atoms with Crippen molar-refractivity contribution in [3.63, 3.8) is 0 Å². The maximum absolute atomic E-state index is 10.6. The number of unbranched alkanes of at least 4 members (excludes halogenated alkanes) is 1. The molecule has 3 rings (SSSR count). The number of carboxylic acid groups (broad SMARTS) is 1. The largest absolute Gasteiger partial charge is 0.493 e. The molecule has 2 aromatic rings. The van der Waals surface area contributed by atoms with Crippen LogP contribution < -0.4 is 4.74 Å². The summed E-state index contributed by atoms with van der Waals surface area (Å²) in [7, 11) is 0. The van der Waals surface area contributed by atoms with Crippen LogP contribution in [0.15, 0.2) is 29.4 Å². The molecule has 1 N–H and O–H groups in total. The number of nitrogens with zero attached hydrogens (tertiary/aromatic N) is 2. The van der Waals surface area contributed by atoms with Gasteiger partial charge in [0, 0.05) is 47.7 Å². The van der Waals surface area contributed by atoms with Gasteiger partial charge in [0.15, 0.2) is 0 Å². The number of rotatable bonds is 8. The predicted octanol–water partition coefficient (Wildman–Crippen LogP) is 5.06. The van der Waals surface area contributed by atoms with Gasteiger partial charge in [-0.25, -0.2) is 9.97 Å². The van der Waals surface area contributed by atoms with E-state index in [1.165, 1.54) is 5.56 Å². The lowest BCUT2D eigenvalue weighted by Gasteiger charge is -2.36. The number of aromatic nitrogens is 2. The highest BCUT2D eigenvalue weighted by Gasteiger charge is 2.37. The van der Waals surface area contributed by atoms with Crippen molar-refractivity contribution in [3.05, 3.63) is 47.0 Å². The Kier molecular flexibility index (Phi) is 8.58. The number of fused-ring (bicyclic) bond motifs is 1. The van der Waals surface area contributed by atoms with Gasteiger partial charge >= 0.3 is 5.97 Å². The third-order valence-corrected chi connectivity index (χ3v) is 9.09. The number of hydrogen-bond acceptors (Lipinski definition) is 7. The molecule has 0 saturated heterocycles. The molecule has 0 radical (unpaired) electrons. The highest BCUT2D eigenvalue weighted by molar-refractivity contribution is 8.16. The summed E-state index contributed by atoms with van der Waals surface area (Å²) in [5.74, 6) is 7.42. The van der Waals surface area contributed by atoms with Crippen LogP contribution in [0.1, 0.15) is 48.2 Å². The third-order valence-electron chi connectivity index (χ3n) is 5.15. The number of aryl methyl sites for hydroxylation is 1. The maximum atomic E-state index is 10.6. The van der Waals surface area contributed by atoms with E-state index in [4.69, 9.17) is 9.84 Å². The highest BCUT2D eigenvalue weighted by Crippen LogP contribution is 2.53. The van der Waals surface area contributed by atoms with Gasteiger partial charge in [-0.15, -0.1) is 35.3 Å². The van der Waals surface area contributed by atoms with Crippen LogP contribution in [0.2, 0.25) is 0 Å². The van der Waals surface area contributed by atoms with E-state index in [0.717, 1.165) is 47.0 Å². The van der Waals surface area contributed by atoms with Crippen LogP contribution in [0.25, 0.3) is 0 Å². The fraction of sp³-hybridized carbons (Fsp3) is 0.435. The second kappa shape index (κ2) is 11.2. The van der Waals surface area contributed by atoms with Gasteiger partial charge in [0.05, 0.1) is 16.2 Å². The van der Waals surface area contributed by atoms with Gasteiger partial charge in [-0.05, 0) is 43.7 Å². The van der Waals surface area contributed by atoms with Crippen molar-refractivity contribution in [1.82, 2.24) is 9.97 Å². The Morgan fingerprint density at radius 1 is 1.16 bits per heavy atom. The molecule has 0 aliphatic carbocycles. The molecule has 0 amide bonds. The zero-order valence-corrected chi connectivity index (χ0v) is 20.4. The highest BCUT2D eigenvalue weighted by atomic mass is 32.2. The third kappa shape index (κ3) is 5.91. The standard InChI is InChI=1S/C23H26N2O3S3/c1-29-20-13-19-18(23(30-2,31-3)10-11-28-19)12-17(20)9-8-16-14-24-21(25-15-16)6-4-5-7-22(26)27/h12-15H,4-7,10-11H2,1-3H3,(H,26,27). The quantitative estimate of drug-likeness (QED) is 0.246. The van der Waals surface area contributed by atoms with Crippen LogP contribution >= 0.6 is 35.3 Å². The normalized spacial score (nSPS) is 14.2. The monoisotopic (exact) mass is 474 g/mol. The number of hydrogen-bond donors (Lipinski definition) is 1. The first-order chi connectivity index (χ1) is 15.0. The van der Waals surface area contributed by atoms with Crippen LogP contribution in [0.3, 0.4) is 0 Å². The van der Waals surface area contributed by atoms with Crippen molar-refractivity contribution in [2.24, 2.45) is 0 Å². The molecule has 1 aliphatic heterocycles. The fourth-order valence-electron chi connectivity index (χ4n) is 3.43. The average Bonchev–Trinajstić information content (AvgIpc) is 2.80. The molecule has 2 heterocycles. The summed E-state index contributed by atoms with van der Waals surface area (Å²) >= 11 is 5.38. The van der Waals surface area contributed by atoms with E-state index < -0.39 is 5.97 Å². The smallest absolute Gasteiger partial charge is 0.303 e. The SMILES string of the molecule is CSc1cc2c(cc1C#Cc1cnc(CCCCC(=O)O)nc1)C(SC)(SC)CCO2. The van der Waals surface area contributed by atoms with Crippen LogP contribution in [-0.4, -0.2) is 46.4 Å². The molecule has 0 saturated carbocycles. The summed E-state index contributed by atoms with van der Waals surface area (Å²) < 4.78 is 5.96. The summed E-state index contributed by atoms with van der Waals surface area (Å²) in [5, 5.41) is 8.70.